The molecule has 0 aromatic heterocycles. The van der Waals surface area contributed by atoms with Gasteiger partial charge in [-0.05, 0) is 24.3 Å². The topological polar surface area (TPSA) is 252 Å². The van der Waals surface area contributed by atoms with Crippen LogP contribution >= 0.6 is 0 Å². The Kier molecular flexibility index (Phi) is 14.0. The lowest BCUT2D eigenvalue weighted by Crippen LogP contribution is -2.58. The zero-order valence-corrected chi connectivity index (χ0v) is 22.1. The summed E-state index contributed by atoms with van der Waals surface area (Å²) < 4.78 is 0. The third-order valence-corrected chi connectivity index (χ3v) is 6.00. The number of benzene rings is 1. The average Bonchev–Trinajstić information content (AvgIpc) is 2.87. The van der Waals surface area contributed by atoms with Gasteiger partial charge in [-0.1, -0.05) is 50.6 Å². The number of aliphatic imine (C=N–C) groups is 1. The first kappa shape index (κ1) is 32.8. The number of guanidine groups is 1. The van der Waals surface area contributed by atoms with Crippen LogP contribution in [0.25, 0.3) is 0 Å². The van der Waals surface area contributed by atoms with E-state index in [1.54, 1.807) is 44.2 Å². The number of aliphatic carboxylic acids is 2. The summed E-state index contributed by atoms with van der Waals surface area (Å²) in [6, 6.07) is 3.73. The Bertz CT molecular complexity index is 1020. The van der Waals surface area contributed by atoms with Gasteiger partial charge in [0.05, 0.1) is 12.5 Å². The molecular weight excluding hydrogens is 510 g/mol. The van der Waals surface area contributed by atoms with Gasteiger partial charge in [0.25, 0.3) is 0 Å². The molecular formula is C25H39N7O7. The van der Waals surface area contributed by atoms with Crippen LogP contribution in [0.15, 0.2) is 35.3 Å². The highest BCUT2D eigenvalue weighted by molar-refractivity contribution is 5.95. The molecule has 14 nitrogen and oxygen atoms in total. The first-order chi connectivity index (χ1) is 18.3. The van der Waals surface area contributed by atoms with Gasteiger partial charge < -0.3 is 43.4 Å². The van der Waals surface area contributed by atoms with E-state index in [1.165, 1.54) is 0 Å². The van der Waals surface area contributed by atoms with Gasteiger partial charge in [0.2, 0.25) is 17.7 Å². The number of nitrogens with zero attached hydrogens (tertiary/aromatic N) is 1. The Hall–Kier alpha value is -4.20. The number of carbonyl (C=O) groups excluding carboxylic acids is 3. The van der Waals surface area contributed by atoms with Crippen LogP contribution in [0.2, 0.25) is 0 Å². The SMILES string of the molecule is CCC(C)C(NC(=O)C(CCCN=C(N)N)NC(=O)C(Cc1ccccc1)NC(=O)C(N)CC(=O)O)C(=O)O. The number of amides is 3. The number of nitrogens with one attached hydrogen (secondary N) is 3. The summed E-state index contributed by atoms with van der Waals surface area (Å²) >= 11 is 0. The molecule has 0 bridgehead atoms. The van der Waals surface area contributed by atoms with Crippen LogP contribution < -0.4 is 33.2 Å². The summed E-state index contributed by atoms with van der Waals surface area (Å²) in [7, 11) is 0. The van der Waals surface area contributed by atoms with Gasteiger partial charge in [-0.3, -0.25) is 24.2 Å². The van der Waals surface area contributed by atoms with Gasteiger partial charge in [0.1, 0.15) is 18.1 Å². The highest BCUT2D eigenvalue weighted by Gasteiger charge is 2.32. The molecule has 0 heterocycles. The summed E-state index contributed by atoms with van der Waals surface area (Å²) in [5.41, 5.74) is 17.0. The van der Waals surface area contributed by atoms with Crippen LogP contribution in [0.3, 0.4) is 0 Å². The van der Waals surface area contributed by atoms with Crippen LogP contribution in [0.5, 0.6) is 0 Å². The third kappa shape index (κ3) is 12.3. The number of nitrogens with two attached hydrogens (primary N) is 3. The fraction of sp³-hybridized carbons (Fsp3) is 0.520. The maximum absolute atomic E-state index is 13.3. The van der Waals surface area contributed by atoms with E-state index in [2.05, 4.69) is 20.9 Å². The van der Waals surface area contributed by atoms with Gasteiger partial charge in [0, 0.05) is 13.0 Å². The van der Waals surface area contributed by atoms with Crippen LogP contribution in [0, 0.1) is 5.92 Å². The number of carbonyl (C=O) groups is 5. The molecule has 216 valence electrons. The smallest absolute Gasteiger partial charge is 0.326 e. The van der Waals surface area contributed by atoms with E-state index in [-0.39, 0.29) is 37.7 Å². The highest BCUT2D eigenvalue weighted by Crippen LogP contribution is 2.10. The molecule has 1 aromatic carbocycles. The lowest BCUT2D eigenvalue weighted by atomic mass is 9.98. The maximum atomic E-state index is 13.3. The molecule has 1 aromatic rings. The fourth-order valence-electron chi connectivity index (χ4n) is 3.60. The number of hydrogen-bond acceptors (Lipinski definition) is 7. The molecule has 14 heteroatoms. The second-order valence-electron chi connectivity index (χ2n) is 9.18. The zero-order valence-electron chi connectivity index (χ0n) is 22.1. The van der Waals surface area contributed by atoms with Crippen molar-refractivity contribution in [1.29, 1.82) is 0 Å². The molecule has 0 spiro atoms. The Morgan fingerprint density at radius 3 is 2.05 bits per heavy atom. The van der Waals surface area contributed by atoms with E-state index in [1.807, 2.05) is 0 Å². The molecule has 0 aliphatic rings. The van der Waals surface area contributed by atoms with Crippen molar-refractivity contribution >= 4 is 35.6 Å². The molecule has 0 aliphatic carbocycles. The summed E-state index contributed by atoms with van der Waals surface area (Å²) in [5.74, 6) is -5.36. The first-order valence-electron chi connectivity index (χ1n) is 12.6. The molecule has 39 heavy (non-hydrogen) atoms. The second kappa shape index (κ2) is 16.6. The summed E-state index contributed by atoms with van der Waals surface area (Å²) in [6.45, 7) is 3.62. The Labute approximate surface area is 226 Å². The first-order valence-corrected chi connectivity index (χ1v) is 12.6. The fourth-order valence-corrected chi connectivity index (χ4v) is 3.60. The predicted molar refractivity (Wildman–Crippen MR) is 143 cm³/mol. The average molecular weight is 550 g/mol. The number of rotatable bonds is 17. The van der Waals surface area contributed by atoms with E-state index in [4.69, 9.17) is 22.3 Å². The summed E-state index contributed by atoms with van der Waals surface area (Å²) in [6.07, 6.45) is 0.196. The van der Waals surface area contributed by atoms with Crippen LogP contribution in [0.4, 0.5) is 0 Å². The minimum absolute atomic E-state index is 0.0190. The molecule has 0 radical (unpaired) electrons. The molecule has 0 saturated heterocycles. The Morgan fingerprint density at radius 2 is 1.51 bits per heavy atom. The van der Waals surface area contributed by atoms with Crippen LogP contribution in [0.1, 0.15) is 45.1 Å². The number of hydrogen-bond donors (Lipinski definition) is 8. The molecule has 5 atom stereocenters. The number of carboxylic acids is 2. The van der Waals surface area contributed by atoms with Crippen LogP contribution in [-0.4, -0.2) is 76.5 Å². The lowest BCUT2D eigenvalue weighted by molar-refractivity contribution is -0.144. The van der Waals surface area contributed by atoms with Crippen molar-refractivity contribution in [2.45, 2.75) is 70.1 Å². The van der Waals surface area contributed by atoms with Gasteiger partial charge in [-0.15, -0.1) is 0 Å². The number of carboxylic acid groups (broad SMARTS) is 2. The molecule has 1 rings (SSSR count). The van der Waals surface area contributed by atoms with Crippen molar-refractivity contribution in [1.82, 2.24) is 16.0 Å². The van der Waals surface area contributed by atoms with Gasteiger partial charge in [-0.2, -0.15) is 0 Å². The lowest BCUT2D eigenvalue weighted by Gasteiger charge is -2.26. The largest absolute Gasteiger partial charge is 0.481 e. The zero-order chi connectivity index (χ0) is 29.5. The highest BCUT2D eigenvalue weighted by atomic mass is 16.4. The molecule has 0 fully saturated rings. The quantitative estimate of drug-likeness (QED) is 0.0645. The van der Waals surface area contributed by atoms with Crippen molar-refractivity contribution < 1.29 is 34.2 Å². The van der Waals surface area contributed by atoms with Crippen molar-refractivity contribution in [2.24, 2.45) is 28.1 Å². The second-order valence-corrected chi connectivity index (χ2v) is 9.18. The van der Waals surface area contributed by atoms with E-state index in [0.717, 1.165) is 0 Å². The maximum Gasteiger partial charge on any atom is 0.326 e. The normalized spacial score (nSPS) is 14.5. The van der Waals surface area contributed by atoms with Crippen molar-refractivity contribution in [3.8, 4) is 0 Å². The van der Waals surface area contributed by atoms with E-state index in [0.29, 0.717) is 12.0 Å². The Morgan fingerprint density at radius 1 is 0.923 bits per heavy atom. The van der Waals surface area contributed by atoms with Gasteiger partial charge in [0.15, 0.2) is 5.96 Å². The van der Waals surface area contributed by atoms with Crippen molar-refractivity contribution in [3.05, 3.63) is 35.9 Å². The molecule has 0 aliphatic heterocycles. The Balaban J connectivity index is 3.18. The molecule has 11 N–H and O–H groups in total. The van der Waals surface area contributed by atoms with Crippen molar-refractivity contribution in [2.75, 3.05) is 6.54 Å². The summed E-state index contributed by atoms with van der Waals surface area (Å²) in [4.78, 5) is 65.6. The van der Waals surface area contributed by atoms with Gasteiger partial charge >= 0.3 is 11.9 Å². The van der Waals surface area contributed by atoms with E-state index < -0.39 is 60.2 Å². The van der Waals surface area contributed by atoms with Crippen LogP contribution in [-0.2, 0) is 30.4 Å². The predicted octanol–water partition coefficient (Wildman–Crippen LogP) is -1.33. The van der Waals surface area contributed by atoms with E-state index in [9.17, 15) is 29.1 Å². The van der Waals surface area contributed by atoms with Gasteiger partial charge in [-0.25, -0.2) is 4.79 Å². The molecule has 3 amide bonds. The minimum atomic E-state index is -1.40. The van der Waals surface area contributed by atoms with Crippen molar-refractivity contribution in [3.63, 3.8) is 0 Å². The molecule has 5 unspecified atom stereocenters. The monoisotopic (exact) mass is 549 g/mol. The molecule has 0 saturated carbocycles. The summed E-state index contributed by atoms with van der Waals surface area (Å²) in [5, 5.41) is 26.1. The standard InChI is InChI=1S/C25H39N7O7/c1-3-14(2)20(24(38)39)32-22(36)17(10-7-11-29-25(27)28)30-23(37)18(12-15-8-5-4-6-9-15)31-21(35)16(26)13-19(33)34/h4-6,8-9,14,16-18,20H,3,7,10-13,26H2,1-2H3,(H,30,37)(H,31,35)(H,32,36)(H,33,34)(H,38,39)(H4,27,28,29). The third-order valence-electron chi connectivity index (χ3n) is 6.00. The van der Waals surface area contributed by atoms with E-state index >= 15 is 0 Å². The minimum Gasteiger partial charge on any atom is -0.481 e.